The van der Waals surface area contributed by atoms with E-state index in [4.69, 9.17) is 9.15 Å². The number of aromatic hydroxyl groups is 1. The molecule has 0 spiro atoms. The maximum Gasteiger partial charge on any atom is 0.336 e. The second kappa shape index (κ2) is 5.38. The Hall–Kier alpha value is -2.05. The highest BCUT2D eigenvalue weighted by molar-refractivity contribution is 5.86. The SMILES string of the molecule is COc1c(CC(O)C(C)(C)O)cc2ccc(=O)oc2c1O. The summed E-state index contributed by atoms with van der Waals surface area (Å²) in [5.74, 6) is -0.189. The molecule has 2 aromatic rings. The van der Waals surface area contributed by atoms with Crippen LogP contribution in [-0.4, -0.2) is 34.1 Å². The normalized spacial score (nSPS) is 13.4. The predicted octanol–water partition coefficient (Wildman–Crippen LogP) is 1.18. The predicted molar refractivity (Wildman–Crippen MR) is 76.7 cm³/mol. The Morgan fingerprint density at radius 3 is 2.62 bits per heavy atom. The van der Waals surface area contributed by atoms with Gasteiger partial charge in [0.1, 0.15) is 0 Å². The molecule has 0 saturated heterocycles. The Morgan fingerprint density at radius 2 is 2.05 bits per heavy atom. The van der Waals surface area contributed by atoms with Gasteiger partial charge in [0.25, 0.3) is 0 Å². The summed E-state index contributed by atoms with van der Waals surface area (Å²) >= 11 is 0. The van der Waals surface area contributed by atoms with Gasteiger partial charge < -0.3 is 24.5 Å². The summed E-state index contributed by atoms with van der Waals surface area (Å²) in [5.41, 5.74) is -1.34. The molecule has 1 aromatic carbocycles. The van der Waals surface area contributed by atoms with Crippen LogP contribution < -0.4 is 10.4 Å². The largest absolute Gasteiger partial charge is 0.502 e. The third kappa shape index (κ3) is 3.01. The zero-order valence-corrected chi connectivity index (χ0v) is 12.1. The summed E-state index contributed by atoms with van der Waals surface area (Å²) in [6, 6.07) is 4.40. The average Bonchev–Trinajstić information content (AvgIpc) is 2.39. The molecule has 1 unspecified atom stereocenters. The lowest BCUT2D eigenvalue weighted by Gasteiger charge is -2.25. The van der Waals surface area contributed by atoms with Crippen molar-refractivity contribution in [3.05, 3.63) is 34.2 Å². The van der Waals surface area contributed by atoms with Crippen LogP contribution in [0.3, 0.4) is 0 Å². The molecule has 3 N–H and O–H groups in total. The second-order valence-electron chi connectivity index (χ2n) is 5.46. The van der Waals surface area contributed by atoms with Crippen molar-refractivity contribution in [2.24, 2.45) is 0 Å². The van der Waals surface area contributed by atoms with Crippen molar-refractivity contribution in [3.63, 3.8) is 0 Å². The van der Waals surface area contributed by atoms with E-state index < -0.39 is 17.3 Å². The Morgan fingerprint density at radius 1 is 1.38 bits per heavy atom. The number of benzene rings is 1. The highest BCUT2D eigenvalue weighted by Crippen LogP contribution is 2.38. The first-order chi connectivity index (χ1) is 9.74. The van der Waals surface area contributed by atoms with Gasteiger partial charge in [-0.05, 0) is 26.0 Å². The number of hydrogen-bond donors (Lipinski definition) is 3. The number of rotatable bonds is 4. The van der Waals surface area contributed by atoms with E-state index in [1.807, 2.05) is 0 Å². The van der Waals surface area contributed by atoms with Gasteiger partial charge in [-0.1, -0.05) is 0 Å². The van der Waals surface area contributed by atoms with Crippen molar-refractivity contribution in [1.82, 2.24) is 0 Å². The topological polar surface area (TPSA) is 100 Å². The molecule has 0 aliphatic carbocycles. The van der Waals surface area contributed by atoms with Crippen LogP contribution in [0.15, 0.2) is 27.4 Å². The molecule has 0 aliphatic rings. The van der Waals surface area contributed by atoms with Crippen LogP contribution in [0.4, 0.5) is 0 Å². The third-order valence-corrected chi connectivity index (χ3v) is 3.35. The second-order valence-corrected chi connectivity index (χ2v) is 5.46. The molecule has 0 bridgehead atoms. The molecule has 2 rings (SSSR count). The Kier molecular flexibility index (Phi) is 3.93. The zero-order chi connectivity index (χ0) is 15.8. The van der Waals surface area contributed by atoms with Crippen molar-refractivity contribution in [1.29, 1.82) is 0 Å². The average molecular weight is 294 g/mol. The summed E-state index contributed by atoms with van der Waals surface area (Å²) in [5, 5.41) is 30.5. The van der Waals surface area contributed by atoms with E-state index in [-0.39, 0.29) is 23.5 Å². The van der Waals surface area contributed by atoms with Gasteiger partial charge >= 0.3 is 5.63 Å². The van der Waals surface area contributed by atoms with Crippen molar-refractivity contribution >= 4 is 11.0 Å². The zero-order valence-electron chi connectivity index (χ0n) is 12.1. The van der Waals surface area contributed by atoms with Crippen molar-refractivity contribution in [3.8, 4) is 11.5 Å². The molecule has 0 aliphatic heterocycles. The molecule has 114 valence electrons. The lowest BCUT2D eigenvalue weighted by molar-refractivity contribution is -0.0471. The summed E-state index contributed by atoms with van der Waals surface area (Å²) in [4.78, 5) is 11.2. The first kappa shape index (κ1) is 15.3. The van der Waals surface area contributed by atoms with Crippen LogP contribution in [0, 0.1) is 0 Å². The summed E-state index contributed by atoms with van der Waals surface area (Å²) in [7, 11) is 1.36. The van der Waals surface area contributed by atoms with Crippen molar-refractivity contribution < 1.29 is 24.5 Å². The number of ether oxygens (including phenoxy) is 1. The smallest absolute Gasteiger partial charge is 0.336 e. The number of hydrogen-bond acceptors (Lipinski definition) is 6. The van der Waals surface area contributed by atoms with Crippen LogP contribution in [-0.2, 0) is 6.42 Å². The van der Waals surface area contributed by atoms with Crippen LogP contribution in [0.5, 0.6) is 11.5 Å². The highest BCUT2D eigenvalue weighted by atomic mass is 16.5. The van der Waals surface area contributed by atoms with Gasteiger partial charge in [0, 0.05) is 23.4 Å². The molecule has 0 fully saturated rings. The Labute approximate surface area is 121 Å². The van der Waals surface area contributed by atoms with E-state index in [9.17, 15) is 20.1 Å². The molecular weight excluding hydrogens is 276 g/mol. The fourth-order valence-corrected chi connectivity index (χ4v) is 2.07. The summed E-state index contributed by atoms with van der Waals surface area (Å²) < 4.78 is 10.1. The molecule has 0 amide bonds. The van der Waals surface area contributed by atoms with Gasteiger partial charge in [0.15, 0.2) is 11.3 Å². The van der Waals surface area contributed by atoms with Crippen molar-refractivity contribution in [2.75, 3.05) is 7.11 Å². The first-order valence-corrected chi connectivity index (χ1v) is 6.47. The Bertz CT molecular complexity index is 710. The van der Waals surface area contributed by atoms with E-state index in [1.165, 1.54) is 33.1 Å². The van der Waals surface area contributed by atoms with Gasteiger partial charge in [-0.25, -0.2) is 4.79 Å². The number of phenols is 1. The number of fused-ring (bicyclic) bond motifs is 1. The molecule has 21 heavy (non-hydrogen) atoms. The molecule has 1 heterocycles. The molecule has 0 radical (unpaired) electrons. The minimum absolute atomic E-state index is 0.0286. The number of aliphatic hydroxyl groups excluding tert-OH is 1. The number of aliphatic hydroxyl groups is 2. The van der Waals surface area contributed by atoms with Crippen LogP contribution in [0.1, 0.15) is 19.4 Å². The minimum atomic E-state index is -1.29. The van der Waals surface area contributed by atoms with E-state index in [0.29, 0.717) is 10.9 Å². The number of methoxy groups -OCH3 is 1. The van der Waals surface area contributed by atoms with Crippen molar-refractivity contribution in [2.45, 2.75) is 32.0 Å². The lowest BCUT2D eigenvalue weighted by atomic mass is 9.94. The van der Waals surface area contributed by atoms with Crippen LogP contribution >= 0.6 is 0 Å². The fourth-order valence-electron chi connectivity index (χ4n) is 2.07. The number of phenolic OH excluding ortho intramolecular Hbond substituents is 1. The van der Waals surface area contributed by atoms with Gasteiger partial charge in [0.05, 0.1) is 18.8 Å². The van der Waals surface area contributed by atoms with E-state index in [0.717, 1.165) is 0 Å². The monoisotopic (exact) mass is 294 g/mol. The molecule has 1 aromatic heterocycles. The Balaban J connectivity index is 2.58. The maximum absolute atomic E-state index is 11.2. The van der Waals surface area contributed by atoms with E-state index in [2.05, 4.69) is 0 Å². The molecule has 6 nitrogen and oxygen atoms in total. The van der Waals surface area contributed by atoms with E-state index in [1.54, 1.807) is 6.07 Å². The molecule has 6 heteroatoms. The van der Waals surface area contributed by atoms with Crippen LogP contribution in [0.25, 0.3) is 11.0 Å². The van der Waals surface area contributed by atoms with Gasteiger partial charge in [-0.2, -0.15) is 0 Å². The fraction of sp³-hybridized carbons (Fsp3) is 0.400. The third-order valence-electron chi connectivity index (χ3n) is 3.35. The highest BCUT2D eigenvalue weighted by Gasteiger charge is 2.27. The van der Waals surface area contributed by atoms with Crippen LogP contribution in [0.2, 0.25) is 0 Å². The maximum atomic E-state index is 11.2. The summed E-state index contributed by atoms with van der Waals surface area (Å²) in [6.45, 7) is 2.98. The first-order valence-electron chi connectivity index (χ1n) is 6.47. The van der Waals surface area contributed by atoms with E-state index >= 15 is 0 Å². The quantitative estimate of drug-likeness (QED) is 0.732. The summed E-state index contributed by atoms with van der Waals surface area (Å²) in [6.07, 6.45) is -0.964. The van der Waals surface area contributed by atoms with Gasteiger partial charge in [-0.15, -0.1) is 0 Å². The molecule has 0 saturated carbocycles. The van der Waals surface area contributed by atoms with Gasteiger partial charge in [0.2, 0.25) is 5.75 Å². The van der Waals surface area contributed by atoms with Gasteiger partial charge in [-0.3, -0.25) is 0 Å². The lowest BCUT2D eigenvalue weighted by Crippen LogP contribution is -2.37. The molecule has 1 atom stereocenters. The molecular formula is C15H18O6. The standard InChI is InChI=1S/C15H18O6/c1-15(2,19)10(16)7-9-6-8-4-5-11(17)21-14(8)12(18)13(9)20-3/h4-6,10,16,18-19H,7H2,1-3H3. The minimum Gasteiger partial charge on any atom is -0.502 e.